The second-order valence-corrected chi connectivity index (χ2v) is 4.75. The Bertz CT molecular complexity index is 249. The van der Waals surface area contributed by atoms with Crippen molar-refractivity contribution < 1.29 is 19.7 Å². The van der Waals surface area contributed by atoms with Gasteiger partial charge in [-0.1, -0.05) is 12.2 Å². The molecule has 1 saturated heterocycles. The first-order valence-corrected chi connectivity index (χ1v) is 5.85. The van der Waals surface area contributed by atoms with Gasteiger partial charge in [-0.2, -0.15) is 0 Å². The van der Waals surface area contributed by atoms with Crippen molar-refractivity contribution in [3.05, 3.63) is 25.3 Å². The zero-order valence-corrected chi connectivity index (χ0v) is 10.5. The molecule has 0 aromatic rings. The minimum absolute atomic E-state index is 0.404. The van der Waals surface area contributed by atoms with Crippen LogP contribution in [0.25, 0.3) is 0 Å². The highest BCUT2D eigenvalue weighted by molar-refractivity contribution is 4.94. The molecule has 0 spiro atoms. The van der Waals surface area contributed by atoms with E-state index in [-0.39, 0.29) is 0 Å². The van der Waals surface area contributed by atoms with E-state index in [9.17, 15) is 10.2 Å². The van der Waals surface area contributed by atoms with Crippen LogP contribution >= 0.6 is 0 Å². The highest BCUT2D eigenvalue weighted by Crippen LogP contribution is 2.33. The second-order valence-electron chi connectivity index (χ2n) is 4.75. The summed E-state index contributed by atoms with van der Waals surface area (Å²) in [5.41, 5.74) is 0. The lowest BCUT2D eigenvalue weighted by molar-refractivity contribution is -0.160. The summed E-state index contributed by atoms with van der Waals surface area (Å²) in [5.74, 6) is -0.792. The maximum absolute atomic E-state index is 9.96. The van der Waals surface area contributed by atoms with Gasteiger partial charge in [0.25, 0.3) is 0 Å². The Balaban J connectivity index is 2.76. The van der Waals surface area contributed by atoms with Crippen LogP contribution < -0.4 is 0 Å². The van der Waals surface area contributed by atoms with Gasteiger partial charge in [0.2, 0.25) is 0 Å². The monoisotopic (exact) mass is 242 g/mol. The molecule has 1 fully saturated rings. The van der Waals surface area contributed by atoms with E-state index in [1.54, 1.807) is 26.0 Å². The molecular weight excluding hydrogens is 220 g/mol. The number of rotatable bonds is 6. The van der Waals surface area contributed by atoms with Crippen molar-refractivity contribution in [2.45, 2.75) is 56.9 Å². The van der Waals surface area contributed by atoms with E-state index >= 15 is 0 Å². The number of aliphatic hydroxyl groups is 2. The standard InChI is InChI=1S/C13H22O4/c1-5-7-9(14)11-12(10(15)8-6-2)17-13(3,4)16-11/h5-6,9-12,14-15H,1-2,7-8H2,3-4H3/t9-,10-,11-,12-/m1/s1. The largest absolute Gasteiger partial charge is 0.390 e. The summed E-state index contributed by atoms with van der Waals surface area (Å²) >= 11 is 0. The maximum Gasteiger partial charge on any atom is 0.164 e. The van der Waals surface area contributed by atoms with Crippen molar-refractivity contribution in [3.63, 3.8) is 0 Å². The zero-order valence-electron chi connectivity index (χ0n) is 10.5. The fourth-order valence-electron chi connectivity index (χ4n) is 2.02. The molecule has 0 radical (unpaired) electrons. The van der Waals surface area contributed by atoms with Crippen LogP contribution in [0.2, 0.25) is 0 Å². The van der Waals surface area contributed by atoms with Gasteiger partial charge < -0.3 is 19.7 Å². The molecule has 2 N–H and O–H groups in total. The normalized spacial score (nSPS) is 30.8. The van der Waals surface area contributed by atoms with Crippen LogP contribution in [0.1, 0.15) is 26.7 Å². The summed E-state index contributed by atoms with van der Waals surface area (Å²) < 4.78 is 11.3. The number of aliphatic hydroxyl groups excluding tert-OH is 2. The SMILES string of the molecule is C=CC[C@@H](O)[C@H]1OC(C)(C)O[C@@H]1[C@H](O)CC=C. The van der Waals surface area contributed by atoms with Gasteiger partial charge in [-0.3, -0.25) is 0 Å². The third-order valence-corrected chi connectivity index (χ3v) is 2.74. The van der Waals surface area contributed by atoms with Crippen molar-refractivity contribution in [1.82, 2.24) is 0 Å². The van der Waals surface area contributed by atoms with Gasteiger partial charge in [0.05, 0.1) is 12.2 Å². The first-order valence-electron chi connectivity index (χ1n) is 5.85. The van der Waals surface area contributed by atoms with Crippen molar-refractivity contribution in [1.29, 1.82) is 0 Å². The summed E-state index contributed by atoms with van der Waals surface area (Å²) in [6.07, 6.45) is 1.52. The minimum Gasteiger partial charge on any atom is -0.390 e. The van der Waals surface area contributed by atoms with Crippen molar-refractivity contribution in [2.75, 3.05) is 0 Å². The Morgan fingerprint density at radius 1 is 1.06 bits per heavy atom. The van der Waals surface area contributed by atoms with Gasteiger partial charge in [-0.05, 0) is 26.7 Å². The second kappa shape index (κ2) is 5.78. The molecule has 0 unspecified atom stereocenters. The third kappa shape index (κ3) is 3.64. The molecule has 0 aliphatic carbocycles. The van der Waals surface area contributed by atoms with E-state index in [1.165, 1.54) is 0 Å². The Labute approximate surface area is 103 Å². The lowest BCUT2D eigenvalue weighted by Crippen LogP contribution is -2.41. The number of hydrogen-bond donors (Lipinski definition) is 2. The van der Waals surface area contributed by atoms with E-state index in [4.69, 9.17) is 9.47 Å². The molecule has 1 aliphatic heterocycles. The zero-order chi connectivity index (χ0) is 13.1. The van der Waals surface area contributed by atoms with Crippen LogP contribution in [0.3, 0.4) is 0 Å². The molecule has 98 valence electrons. The highest BCUT2D eigenvalue weighted by atomic mass is 16.8. The minimum atomic E-state index is -0.792. The summed E-state index contributed by atoms with van der Waals surface area (Å²) in [5, 5.41) is 19.9. The third-order valence-electron chi connectivity index (χ3n) is 2.74. The molecule has 4 nitrogen and oxygen atoms in total. The molecule has 1 aliphatic rings. The van der Waals surface area contributed by atoms with Gasteiger partial charge in [0.1, 0.15) is 12.2 Å². The van der Waals surface area contributed by atoms with E-state index in [1.807, 2.05) is 0 Å². The Hall–Kier alpha value is -0.680. The molecule has 0 amide bonds. The average Bonchev–Trinajstić information content (AvgIpc) is 2.55. The molecular formula is C13H22O4. The van der Waals surface area contributed by atoms with Crippen molar-refractivity contribution >= 4 is 0 Å². The molecule has 0 aromatic heterocycles. The van der Waals surface area contributed by atoms with Crippen LogP contribution in [0.5, 0.6) is 0 Å². The molecule has 4 atom stereocenters. The van der Waals surface area contributed by atoms with Crippen LogP contribution in [0, 0.1) is 0 Å². The maximum atomic E-state index is 9.96. The molecule has 0 saturated carbocycles. The molecule has 4 heteroatoms. The lowest BCUT2D eigenvalue weighted by atomic mass is 9.99. The van der Waals surface area contributed by atoms with Gasteiger partial charge in [-0.25, -0.2) is 0 Å². The Morgan fingerprint density at radius 3 is 1.71 bits per heavy atom. The van der Waals surface area contributed by atoms with Gasteiger partial charge in [0.15, 0.2) is 5.79 Å². The summed E-state index contributed by atoms with van der Waals surface area (Å²) in [6.45, 7) is 10.7. The van der Waals surface area contributed by atoms with Gasteiger partial charge in [0, 0.05) is 0 Å². The molecule has 0 bridgehead atoms. The molecule has 1 rings (SSSR count). The smallest absolute Gasteiger partial charge is 0.164 e. The summed E-state index contributed by atoms with van der Waals surface area (Å²) in [6, 6.07) is 0. The lowest BCUT2D eigenvalue weighted by Gasteiger charge is -2.24. The van der Waals surface area contributed by atoms with Gasteiger partial charge in [-0.15, -0.1) is 13.2 Å². The Morgan fingerprint density at radius 2 is 1.41 bits per heavy atom. The molecule has 1 heterocycles. The fourth-order valence-corrected chi connectivity index (χ4v) is 2.02. The van der Waals surface area contributed by atoms with Crippen LogP contribution in [0.4, 0.5) is 0 Å². The first kappa shape index (κ1) is 14.4. The van der Waals surface area contributed by atoms with Crippen LogP contribution in [-0.4, -0.2) is 40.4 Å². The van der Waals surface area contributed by atoms with Crippen molar-refractivity contribution in [3.8, 4) is 0 Å². The summed E-state index contributed by atoms with van der Waals surface area (Å²) in [7, 11) is 0. The van der Waals surface area contributed by atoms with E-state index in [0.29, 0.717) is 12.8 Å². The highest BCUT2D eigenvalue weighted by Gasteiger charge is 2.47. The van der Waals surface area contributed by atoms with Crippen LogP contribution in [0.15, 0.2) is 25.3 Å². The van der Waals surface area contributed by atoms with E-state index in [2.05, 4.69) is 13.2 Å². The molecule has 17 heavy (non-hydrogen) atoms. The summed E-state index contributed by atoms with van der Waals surface area (Å²) in [4.78, 5) is 0. The first-order chi connectivity index (χ1) is 7.91. The van der Waals surface area contributed by atoms with E-state index in [0.717, 1.165) is 0 Å². The predicted octanol–water partition coefficient (Wildman–Crippen LogP) is 1.38. The van der Waals surface area contributed by atoms with E-state index < -0.39 is 30.2 Å². The van der Waals surface area contributed by atoms with Crippen molar-refractivity contribution in [2.24, 2.45) is 0 Å². The topological polar surface area (TPSA) is 58.9 Å². The molecule has 0 aromatic carbocycles. The quantitative estimate of drug-likeness (QED) is 0.691. The number of hydrogen-bond acceptors (Lipinski definition) is 4. The van der Waals surface area contributed by atoms with Crippen LogP contribution in [-0.2, 0) is 9.47 Å². The fraction of sp³-hybridized carbons (Fsp3) is 0.692. The Kier molecular flexibility index (Phi) is 4.89. The van der Waals surface area contributed by atoms with Gasteiger partial charge >= 0.3 is 0 Å². The number of ether oxygens (including phenoxy) is 2. The average molecular weight is 242 g/mol. The predicted molar refractivity (Wildman–Crippen MR) is 65.5 cm³/mol.